The molecule has 0 bridgehead atoms. The van der Waals surface area contributed by atoms with Gasteiger partial charge in [0.1, 0.15) is 5.69 Å². The highest BCUT2D eigenvalue weighted by atomic mass is 35.5. The first-order chi connectivity index (χ1) is 19.6. The number of imide groups is 1. The number of nitrogens with zero attached hydrogens (tertiary/aromatic N) is 4. The molecule has 2 amide bonds. The molecule has 1 saturated carbocycles. The smallest absolute Gasteiger partial charge is 0.347 e. The molecule has 1 aliphatic carbocycles. The van der Waals surface area contributed by atoms with Gasteiger partial charge in [0.2, 0.25) is 5.82 Å². The first-order valence-corrected chi connectivity index (χ1v) is 12.7. The second kappa shape index (κ2) is 8.77. The minimum atomic E-state index is -2.81. The van der Waals surface area contributed by atoms with Crippen molar-refractivity contribution in [2.45, 2.75) is 34.7 Å². The first kappa shape index (κ1) is 28.2. The van der Waals surface area contributed by atoms with E-state index in [1.165, 1.54) is 6.08 Å². The minimum absolute atomic E-state index is 0.0551. The van der Waals surface area contributed by atoms with Crippen molar-refractivity contribution in [3.8, 4) is 5.75 Å². The molecule has 3 heterocycles. The predicted octanol–water partition coefficient (Wildman–Crippen LogP) is 3.09. The quantitative estimate of drug-likeness (QED) is 0.116. The molecule has 42 heavy (non-hydrogen) atoms. The third-order valence-corrected chi connectivity index (χ3v) is 9.40. The Morgan fingerprint density at radius 1 is 0.881 bits per heavy atom. The molecular formula is C25H14Cl2F6N4O5. The van der Waals surface area contributed by atoms with E-state index in [1.54, 1.807) is 0 Å². The van der Waals surface area contributed by atoms with Gasteiger partial charge in [-0.3, -0.25) is 9.59 Å². The molecule has 2 fully saturated rings. The second-order valence-corrected chi connectivity index (χ2v) is 11.2. The minimum Gasteiger partial charge on any atom is -0.505 e. The van der Waals surface area contributed by atoms with Crippen LogP contribution in [-0.2, 0) is 23.2 Å². The van der Waals surface area contributed by atoms with Crippen LogP contribution in [0.25, 0.3) is 0 Å². The van der Waals surface area contributed by atoms with Gasteiger partial charge in [0, 0.05) is 19.4 Å². The van der Waals surface area contributed by atoms with Gasteiger partial charge in [0.15, 0.2) is 44.6 Å². The molecular weight excluding hydrogens is 621 g/mol. The maximum absolute atomic E-state index is 14.9. The largest absolute Gasteiger partial charge is 0.505 e. The Labute approximate surface area is 239 Å². The van der Waals surface area contributed by atoms with Crippen molar-refractivity contribution < 1.29 is 41.0 Å². The number of allylic oxidation sites excluding steroid dienone is 2. The number of amides is 2. The van der Waals surface area contributed by atoms with Gasteiger partial charge >= 0.3 is 11.4 Å². The summed E-state index contributed by atoms with van der Waals surface area (Å²) in [6.07, 6.45) is 0.584. The van der Waals surface area contributed by atoms with Crippen LogP contribution in [0.1, 0.15) is 23.9 Å². The highest BCUT2D eigenvalue weighted by Gasteiger charge is 2.76. The third-order valence-electron chi connectivity index (χ3n) is 7.98. The van der Waals surface area contributed by atoms with Crippen molar-refractivity contribution in [2.75, 3.05) is 4.90 Å². The SMILES string of the molecule is Cn1c(=O)n2n(c1=O)[C@@H]1C[C@@]3(Cl)C(=O)N(c4c(F)c(F)c(F)c(F)c4F)C(=O)[C@@]3(Cl)[C@@H](c3ccc(O)c(F)c3)C1=CC2. The lowest BCUT2D eigenvalue weighted by Crippen LogP contribution is -2.59. The summed E-state index contributed by atoms with van der Waals surface area (Å²) in [6.45, 7) is -0.274. The van der Waals surface area contributed by atoms with Gasteiger partial charge in [-0.25, -0.2) is 54.8 Å². The zero-order chi connectivity index (χ0) is 30.8. The maximum Gasteiger partial charge on any atom is 0.347 e. The summed E-state index contributed by atoms with van der Waals surface area (Å²) < 4.78 is 89.2. The Balaban J connectivity index is 1.66. The van der Waals surface area contributed by atoms with Crippen LogP contribution in [0.4, 0.5) is 32.0 Å². The van der Waals surface area contributed by atoms with Crippen molar-refractivity contribution in [1.29, 1.82) is 0 Å². The summed E-state index contributed by atoms with van der Waals surface area (Å²) in [7, 11) is 1.16. The standard InChI is InChI=1S/C25H14Cl2F6N4O5/c1-34-22(41)35-5-4-9-11(37(35)23(34)42)7-24(26)20(39)36(19-17(32)15(30)14(29)16(31)18(19)33)21(40)25(24,27)13(9)8-2-3-12(38)10(28)6-8/h2-4,6,11,13,38H,5,7H2,1H3/t11-,13+,24-,25+/m1/s1. The van der Waals surface area contributed by atoms with Gasteiger partial charge in [-0.05, 0) is 23.3 Å². The van der Waals surface area contributed by atoms with Crippen LogP contribution in [0.15, 0.2) is 39.4 Å². The number of benzene rings is 2. The van der Waals surface area contributed by atoms with Crippen molar-refractivity contribution in [1.82, 2.24) is 13.9 Å². The number of carbonyl (C=O) groups excluding carboxylic acids is 2. The number of alkyl halides is 2. The third kappa shape index (κ3) is 3.17. The zero-order valence-corrected chi connectivity index (χ0v) is 22.3. The monoisotopic (exact) mass is 634 g/mol. The highest BCUT2D eigenvalue weighted by Crippen LogP contribution is 2.64. The predicted molar refractivity (Wildman–Crippen MR) is 132 cm³/mol. The molecule has 220 valence electrons. The molecule has 2 aromatic carbocycles. The summed E-state index contributed by atoms with van der Waals surface area (Å²) in [5, 5.41) is 9.75. The van der Waals surface area contributed by atoms with Crippen LogP contribution in [0.2, 0.25) is 0 Å². The number of hydrogen-bond acceptors (Lipinski definition) is 5. The van der Waals surface area contributed by atoms with Crippen molar-refractivity contribution in [3.63, 3.8) is 0 Å². The van der Waals surface area contributed by atoms with E-state index in [-0.39, 0.29) is 22.6 Å². The van der Waals surface area contributed by atoms with Gasteiger partial charge in [0.05, 0.1) is 12.6 Å². The molecule has 1 N–H and O–H groups in total. The van der Waals surface area contributed by atoms with E-state index in [0.29, 0.717) is 0 Å². The van der Waals surface area contributed by atoms with Gasteiger partial charge in [-0.2, -0.15) is 0 Å². The molecule has 2 aliphatic heterocycles. The lowest BCUT2D eigenvalue weighted by molar-refractivity contribution is -0.122. The summed E-state index contributed by atoms with van der Waals surface area (Å²) >= 11 is 13.7. The summed E-state index contributed by atoms with van der Waals surface area (Å²) in [6, 6.07) is 1.38. The van der Waals surface area contributed by atoms with E-state index in [4.69, 9.17) is 23.2 Å². The van der Waals surface area contributed by atoms with Crippen LogP contribution >= 0.6 is 23.2 Å². The Kier molecular flexibility index (Phi) is 5.88. The second-order valence-electron chi connectivity index (χ2n) is 10.00. The normalized spacial score (nSPS) is 26.7. The van der Waals surface area contributed by atoms with E-state index in [2.05, 4.69) is 0 Å². The fraction of sp³-hybridized carbons (Fsp3) is 0.280. The van der Waals surface area contributed by atoms with E-state index in [9.17, 15) is 50.6 Å². The summed E-state index contributed by atoms with van der Waals surface area (Å²) in [5.74, 6) is -19.6. The first-order valence-electron chi connectivity index (χ1n) is 11.9. The number of halogens is 8. The topological polar surface area (TPSA) is 107 Å². The summed E-state index contributed by atoms with van der Waals surface area (Å²) in [5.41, 5.74) is -3.74. The molecule has 0 unspecified atom stereocenters. The van der Waals surface area contributed by atoms with E-state index < -0.39 is 97.7 Å². The van der Waals surface area contributed by atoms with E-state index >= 15 is 0 Å². The van der Waals surface area contributed by atoms with Crippen LogP contribution in [-0.4, -0.2) is 40.6 Å². The number of carbonyl (C=O) groups is 2. The molecule has 1 aromatic heterocycles. The van der Waals surface area contributed by atoms with Gasteiger partial charge in [-0.1, -0.05) is 12.1 Å². The van der Waals surface area contributed by atoms with Crippen LogP contribution in [0.5, 0.6) is 5.75 Å². The van der Waals surface area contributed by atoms with Crippen molar-refractivity contribution in [3.05, 3.63) is 91.3 Å². The Morgan fingerprint density at radius 2 is 1.48 bits per heavy atom. The van der Waals surface area contributed by atoms with Gasteiger partial charge in [-0.15, -0.1) is 23.2 Å². The van der Waals surface area contributed by atoms with Gasteiger partial charge < -0.3 is 5.11 Å². The number of phenolic OH excluding ortho intramolecular Hbond substituents is 1. The average Bonchev–Trinajstić information content (AvgIpc) is 3.26. The molecule has 0 spiro atoms. The number of aromatic nitrogens is 3. The van der Waals surface area contributed by atoms with Crippen LogP contribution < -0.4 is 16.3 Å². The number of rotatable bonds is 2. The van der Waals surface area contributed by atoms with Crippen molar-refractivity contribution >= 4 is 40.7 Å². The fourth-order valence-electron chi connectivity index (χ4n) is 6.01. The molecule has 4 atom stereocenters. The maximum atomic E-state index is 14.9. The van der Waals surface area contributed by atoms with Crippen LogP contribution in [0.3, 0.4) is 0 Å². The number of phenols is 1. The Morgan fingerprint density at radius 3 is 2.07 bits per heavy atom. The summed E-state index contributed by atoms with van der Waals surface area (Å²) in [4.78, 5) is 47.6. The number of fused-ring (bicyclic) bond motifs is 4. The van der Waals surface area contributed by atoms with E-state index in [1.807, 2.05) is 0 Å². The lowest BCUT2D eigenvalue weighted by Gasteiger charge is -2.49. The average molecular weight is 635 g/mol. The molecule has 6 rings (SSSR count). The number of hydrogen-bond donors (Lipinski definition) is 1. The van der Waals surface area contributed by atoms with Crippen molar-refractivity contribution in [2.24, 2.45) is 7.05 Å². The molecule has 3 aromatic rings. The Hall–Kier alpha value is -3.98. The Bertz CT molecular complexity index is 1910. The zero-order valence-electron chi connectivity index (χ0n) is 20.8. The molecule has 1 saturated heterocycles. The molecule has 0 radical (unpaired) electrons. The molecule has 3 aliphatic rings. The molecule has 9 nitrogen and oxygen atoms in total. The van der Waals surface area contributed by atoms with Crippen LogP contribution in [0, 0.1) is 34.9 Å². The van der Waals surface area contributed by atoms with E-state index in [0.717, 1.165) is 39.2 Å². The number of anilines is 1. The fourth-order valence-corrected chi connectivity index (χ4v) is 6.93. The molecule has 17 heteroatoms. The highest BCUT2D eigenvalue weighted by molar-refractivity contribution is 6.58. The number of aromatic hydroxyl groups is 1. The van der Waals surface area contributed by atoms with Gasteiger partial charge in [0.25, 0.3) is 11.8 Å². The lowest BCUT2D eigenvalue weighted by atomic mass is 9.64.